The van der Waals surface area contributed by atoms with Crippen LogP contribution in [0.2, 0.25) is 0 Å². The first kappa shape index (κ1) is 28.5. The van der Waals surface area contributed by atoms with E-state index in [1.54, 1.807) is 20.2 Å². The van der Waals surface area contributed by atoms with Gasteiger partial charge >= 0.3 is 11.4 Å². The fourth-order valence-corrected chi connectivity index (χ4v) is 6.57. The summed E-state index contributed by atoms with van der Waals surface area (Å²) in [6, 6.07) is 1.60. The Labute approximate surface area is 245 Å². The number of hydrogen-bond donors (Lipinski definition) is 0. The van der Waals surface area contributed by atoms with E-state index in [1.165, 1.54) is 23.2 Å². The molecule has 0 saturated heterocycles. The molecular formula is C29H36N10O4. The van der Waals surface area contributed by atoms with Gasteiger partial charge in [-0.3, -0.25) is 27.9 Å². The summed E-state index contributed by atoms with van der Waals surface area (Å²) < 4.78 is 7.10. The molecule has 43 heavy (non-hydrogen) atoms. The van der Waals surface area contributed by atoms with Crippen molar-refractivity contribution in [3.05, 3.63) is 59.0 Å². The minimum absolute atomic E-state index is 0.135. The van der Waals surface area contributed by atoms with E-state index in [0.717, 1.165) is 64.3 Å². The molecule has 0 aromatic carbocycles. The summed E-state index contributed by atoms with van der Waals surface area (Å²) in [5, 5.41) is 19.4. The molecule has 0 N–H and O–H groups in total. The zero-order valence-corrected chi connectivity index (χ0v) is 25.4. The van der Waals surface area contributed by atoms with E-state index < -0.39 is 16.9 Å². The average Bonchev–Trinajstić information content (AvgIpc) is 3.35. The van der Waals surface area contributed by atoms with E-state index >= 15 is 0 Å². The molecule has 14 nitrogen and oxygen atoms in total. The fraction of sp³-hybridized carbons (Fsp3) is 0.517. The van der Waals surface area contributed by atoms with E-state index in [1.807, 2.05) is 0 Å². The van der Waals surface area contributed by atoms with Crippen LogP contribution in [-0.4, -0.2) is 49.8 Å². The fourth-order valence-electron chi connectivity index (χ4n) is 6.57. The Morgan fingerprint density at radius 1 is 0.791 bits per heavy atom. The molecule has 5 heterocycles. The van der Waals surface area contributed by atoms with Crippen LogP contribution in [0.5, 0.6) is 0 Å². The molecule has 0 aliphatic heterocycles. The lowest BCUT2D eigenvalue weighted by molar-refractivity contribution is 0.474. The first-order valence-electron chi connectivity index (χ1n) is 14.8. The summed E-state index contributed by atoms with van der Waals surface area (Å²) in [7, 11) is 6.13. The Morgan fingerprint density at radius 2 is 1.44 bits per heavy atom. The molecule has 0 spiro atoms. The van der Waals surface area contributed by atoms with Crippen LogP contribution in [0.4, 0.5) is 5.82 Å². The van der Waals surface area contributed by atoms with Gasteiger partial charge in [-0.2, -0.15) is 0 Å². The highest BCUT2D eigenvalue weighted by Gasteiger charge is 2.35. The maximum atomic E-state index is 13.6. The van der Waals surface area contributed by atoms with Crippen molar-refractivity contribution in [2.24, 2.45) is 28.2 Å². The van der Waals surface area contributed by atoms with Gasteiger partial charge in [-0.05, 0) is 43.7 Å². The number of nitrogens with zero attached hydrogens (tertiary/aromatic N) is 10. The van der Waals surface area contributed by atoms with Gasteiger partial charge in [0.05, 0.1) is 16.8 Å². The van der Waals surface area contributed by atoms with E-state index in [2.05, 4.69) is 43.7 Å². The average molecular weight is 589 g/mol. The van der Waals surface area contributed by atoms with E-state index in [0.29, 0.717) is 35.3 Å². The number of aryl methyl sites for hydroxylation is 4. The standard InChI is InChI=1S/C29H36N10O4/c1-7-9-14-39-22-16(20-21-24(32-33-25(20)39)35(4)29(43)37(6)27(21)41)11-10-12-18(22)38(13-8-2)19-15-17-23(31-30-19)34(3)28(42)36(5)26(17)40/h15,18H,7-14H2,1-6H3. The van der Waals surface area contributed by atoms with Crippen molar-refractivity contribution in [3.63, 3.8) is 0 Å². The monoisotopic (exact) mass is 588 g/mol. The topological polar surface area (TPSA) is 148 Å². The van der Waals surface area contributed by atoms with Gasteiger partial charge in [0.25, 0.3) is 11.1 Å². The van der Waals surface area contributed by atoms with Gasteiger partial charge in [-0.25, -0.2) is 9.59 Å². The van der Waals surface area contributed by atoms with Crippen molar-refractivity contribution < 1.29 is 0 Å². The van der Waals surface area contributed by atoms with Gasteiger partial charge in [0.2, 0.25) is 0 Å². The largest absolute Gasteiger partial charge is 0.347 e. The Bertz CT molecular complexity index is 2170. The molecule has 0 bridgehead atoms. The lowest BCUT2D eigenvalue weighted by Crippen LogP contribution is -2.38. The maximum absolute atomic E-state index is 13.6. The highest BCUT2D eigenvalue weighted by Crippen LogP contribution is 2.42. The molecule has 14 heteroatoms. The highest BCUT2D eigenvalue weighted by atomic mass is 16.2. The van der Waals surface area contributed by atoms with Crippen LogP contribution in [0.25, 0.3) is 33.1 Å². The molecule has 0 amide bonds. The third-order valence-corrected chi connectivity index (χ3v) is 8.78. The zero-order chi connectivity index (χ0) is 30.7. The van der Waals surface area contributed by atoms with Crippen LogP contribution < -0.4 is 27.4 Å². The first-order chi connectivity index (χ1) is 20.6. The Balaban J connectivity index is 1.65. The van der Waals surface area contributed by atoms with Gasteiger partial charge in [0.1, 0.15) is 0 Å². The molecule has 5 aromatic heterocycles. The predicted molar refractivity (Wildman–Crippen MR) is 164 cm³/mol. The summed E-state index contributed by atoms with van der Waals surface area (Å²) in [6.07, 6.45) is 5.12. The Morgan fingerprint density at radius 3 is 2.14 bits per heavy atom. The maximum Gasteiger partial charge on any atom is 0.332 e. The highest BCUT2D eigenvalue weighted by molar-refractivity contribution is 6.04. The minimum Gasteiger partial charge on any atom is -0.347 e. The van der Waals surface area contributed by atoms with Crippen molar-refractivity contribution >= 4 is 38.9 Å². The van der Waals surface area contributed by atoms with Crippen molar-refractivity contribution in [2.75, 3.05) is 11.4 Å². The molecule has 0 saturated carbocycles. The third kappa shape index (κ3) is 4.13. The normalized spacial score (nSPS) is 15.1. The smallest absolute Gasteiger partial charge is 0.332 e. The summed E-state index contributed by atoms with van der Waals surface area (Å²) in [5.74, 6) is 0.546. The molecular weight excluding hydrogens is 552 g/mol. The molecule has 1 aliphatic rings. The lowest BCUT2D eigenvalue weighted by Gasteiger charge is -2.36. The van der Waals surface area contributed by atoms with Crippen molar-refractivity contribution in [1.82, 2.24) is 43.2 Å². The van der Waals surface area contributed by atoms with E-state index in [9.17, 15) is 19.2 Å². The molecule has 0 fully saturated rings. The molecule has 5 aromatic rings. The Kier molecular flexibility index (Phi) is 7.01. The van der Waals surface area contributed by atoms with Crippen molar-refractivity contribution in [1.29, 1.82) is 0 Å². The second-order valence-electron chi connectivity index (χ2n) is 11.4. The van der Waals surface area contributed by atoms with Gasteiger partial charge in [-0.15, -0.1) is 20.4 Å². The number of aromatic nitrogens is 9. The second-order valence-corrected chi connectivity index (χ2v) is 11.4. The van der Waals surface area contributed by atoms with Crippen LogP contribution in [-0.2, 0) is 41.2 Å². The number of fused-ring (bicyclic) bond motifs is 6. The van der Waals surface area contributed by atoms with E-state index in [-0.39, 0.29) is 22.9 Å². The van der Waals surface area contributed by atoms with Gasteiger partial charge < -0.3 is 9.47 Å². The van der Waals surface area contributed by atoms with Crippen molar-refractivity contribution in [2.45, 2.75) is 65.0 Å². The molecule has 1 aliphatic carbocycles. The molecule has 0 radical (unpaired) electrons. The third-order valence-electron chi connectivity index (χ3n) is 8.78. The van der Waals surface area contributed by atoms with Crippen LogP contribution in [0.1, 0.15) is 63.3 Å². The first-order valence-corrected chi connectivity index (χ1v) is 14.8. The van der Waals surface area contributed by atoms with Crippen LogP contribution in [0, 0.1) is 0 Å². The molecule has 226 valence electrons. The number of hydrogen-bond acceptors (Lipinski definition) is 9. The van der Waals surface area contributed by atoms with Gasteiger partial charge in [0, 0.05) is 52.4 Å². The number of unbranched alkanes of at least 4 members (excludes halogenated alkanes) is 1. The van der Waals surface area contributed by atoms with Gasteiger partial charge in [0.15, 0.2) is 22.8 Å². The number of rotatable bonds is 7. The van der Waals surface area contributed by atoms with E-state index in [4.69, 9.17) is 0 Å². The Hall–Kier alpha value is -4.62. The predicted octanol–water partition coefficient (Wildman–Crippen LogP) is 1.42. The number of anilines is 1. The lowest BCUT2D eigenvalue weighted by atomic mass is 9.90. The van der Waals surface area contributed by atoms with Gasteiger partial charge in [-0.1, -0.05) is 20.3 Å². The van der Waals surface area contributed by atoms with Crippen LogP contribution >= 0.6 is 0 Å². The summed E-state index contributed by atoms with van der Waals surface area (Å²) in [5.41, 5.74) is 1.51. The quantitative estimate of drug-likeness (QED) is 0.275. The SMILES string of the molecule is CCCCn1c2c(c3c4c(=O)n(C)c(=O)n(C)c4nnc31)CCCC2N(CCC)c1cc2c(=O)n(C)c(=O)n(C)c2nn1. The van der Waals surface area contributed by atoms with Crippen molar-refractivity contribution in [3.8, 4) is 0 Å². The summed E-state index contributed by atoms with van der Waals surface area (Å²) in [4.78, 5) is 54.1. The summed E-state index contributed by atoms with van der Waals surface area (Å²) >= 11 is 0. The minimum atomic E-state index is -0.459. The zero-order valence-electron chi connectivity index (χ0n) is 25.4. The van der Waals surface area contributed by atoms with Crippen LogP contribution in [0.3, 0.4) is 0 Å². The molecule has 1 unspecified atom stereocenters. The second kappa shape index (κ2) is 10.6. The molecule has 1 atom stereocenters. The summed E-state index contributed by atoms with van der Waals surface area (Å²) in [6.45, 7) is 5.55. The van der Waals surface area contributed by atoms with Crippen LogP contribution in [0.15, 0.2) is 25.2 Å². The molecule has 6 rings (SSSR count).